The molecule has 3 aromatic rings. The molecular formula is C20H18N2O5S. The molecule has 1 amide bonds. The van der Waals surface area contributed by atoms with Crippen molar-refractivity contribution in [2.24, 2.45) is 0 Å². The fraction of sp³-hybridized carbons (Fsp3) is 0.250. The molecule has 1 N–H and O–H groups in total. The second-order valence-corrected chi connectivity index (χ2v) is 7.46. The molecule has 3 heterocycles. The molecule has 0 saturated heterocycles. The Kier molecular flexibility index (Phi) is 4.87. The fourth-order valence-corrected chi connectivity index (χ4v) is 3.59. The zero-order chi connectivity index (χ0) is 19.7. The molecular weight excluding hydrogens is 380 g/mol. The summed E-state index contributed by atoms with van der Waals surface area (Å²) in [7, 11) is 0. The van der Waals surface area contributed by atoms with Crippen molar-refractivity contribution in [2.75, 3.05) is 6.61 Å². The van der Waals surface area contributed by atoms with Crippen LogP contribution in [0, 0.1) is 13.8 Å². The maximum atomic E-state index is 12.5. The van der Waals surface area contributed by atoms with Gasteiger partial charge in [-0.05, 0) is 37.6 Å². The normalized spacial score (nSPS) is 15.3. The molecule has 0 saturated carbocycles. The standard InChI is InChI=1S/C20H18N2O5S/c1-11-7-16(17-9-25-14-5-3-4-6-15(14)26-17)27-20(24)18(11)19(23)21-8-13-10-28-12(2)22-13/h3-7,10,17H,8-9H2,1-2H3,(H,21,23). The lowest BCUT2D eigenvalue weighted by atomic mass is 10.1. The Labute approximate surface area is 164 Å². The number of aryl methyl sites for hydroxylation is 2. The number of amides is 1. The van der Waals surface area contributed by atoms with Crippen molar-refractivity contribution in [2.45, 2.75) is 26.5 Å². The van der Waals surface area contributed by atoms with E-state index in [1.54, 1.807) is 19.1 Å². The first-order valence-corrected chi connectivity index (χ1v) is 9.61. The molecule has 0 aliphatic carbocycles. The summed E-state index contributed by atoms with van der Waals surface area (Å²) in [5.74, 6) is 1.06. The minimum absolute atomic E-state index is 0.0205. The first-order chi connectivity index (χ1) is 13.5. The predicted octanol–water partition coefficient (Wildman–Crippen LogP) is 3.16. The van der Waals surface area contributed by atoms with Crippen molar-refractivity contribution in [1.82, 2.24) is 10.3 Å². The molecule has 1 atom stereocenters. The predicted molar refractivity (Wildman–Crippen MR) is 103 cm³/mol. The van der Waals surface area contributed by atoms with Crippen molar-refractivity contribution in [1.29, 1.82) is 0 Å². The molecule has 4 rings (SSSR count). The van der Waals surface area contributed by atoms with Gasteiger partial charge >= 0.3 is 5.63 Å². The van der Waals surface area contributed by atoms with E-state index >= 15 is 0 Å². The number of para-hydroxylation sites is 2. The van der Waals surface area contributed by atoms with Gasteiger partial charge in [-0.2, -0.15) is 0 Å². The molecule has 1 aromatic carbocycles. The summed E-state index contributed by atoms with van der Waals surface area (Å²) in [6, 6.07) is 8.93. The zero-order valence-electron chi connectivity index (χ0n) is 15.4. The number of benzene rings is 1. The fourth-order valence-electron chi connectivity index (χ4n) is 2.97. The Morgan fingerprint density at radius 2 is 2.07 bits per heavy atom. The van der Waals surface area contributed by atoms with Gasteiger partial charge in [-0.1, -0.05) is 12.1 Å². The van der Waals surface area contributed by atoms with E-state index in [9.17, 15) is 9.59 Å². The van der Waals surface area contributed by atoms with Gasteiger partial charge in [-0.25, -0.2) is 9.78 Å². The van der Waals surface area contributed by atoms with Crippen molar-refractivity contribution in [3.8, 4) is 11.5 Å². The topological polar surface area (TPSA) is 90.7 Å². The van der Waals surface area contributed by atoms with E-state index in [0.29, 0.717) is 22.8 Å². The number of carbonyl (C=O) groups excluding carboxylic acids is 1. The van der Waals surface area contributed by atoms with Gasteiger partial charge in [0.25, 0.3) is 5.91 Å². The molecule has 28 heavy (non-hydrogen) atoms. The van der Waals surface area contributed by atoms with E-state index in [2.05, 4.69) is 10.3 Å². The van der Waals surface area contributed by atoms with Crippen molar-refractivity contribution >= 4 is 17.2 Å². The molecule has 1 unspecified atom stereocenters. The van der Waals surface area contributed by atoms with Crippen LogP contribution in [0.3, 0.4) is 0 Å². The Morgan fingerprint density at radius 1 is 1.29 bits per heavy atom. The summed E-state index contributed by atoms with van der Waals surface area (Å²) in [5, 5.41) is 5.50. The number of thiazole rings is 1. The molecule has 0 bridgehead atoms. The lowest BCUT2D eigenvalue weighted by Crippen LogP contribution is -2.30. The number of hydrogen-bond donors (Lipinski definition) is 1. The minimum Gasteiger partial charge on any atom is -0.485 e. The summed E-state index contributed by atoms with van der Waals surface area (Å²) < 4.78 is 16.9. The van der Waals surface area contributed by atoms with Crippen LogP contribution in [0.5, 0.6) is 11.5 Å². The van der Waals surface area contributed by atoms with E-state index < -0.39 is 17.6 Å². The summed E-state index contributed by atoms with van der Waals surface area (Å²) in [6.07, 6.45) is -0.559. The number of fused-ring (bicyclic) bond motifs is 1. The maximum Gasteiger partial charge on any atom is 0.349 e. The van der Waals surface area contributed by atoms with Gasteiger partial charge in [-0.3, -0.25) is 4.79 Å². The van der Waals surface area contributed by atoms with Crippen LogP contribution in [0.2, 0.25) is 0 Å². The van der Waals surface area contributed by atoms with Gasteiger partial charge in [-0.15, -0.1) is 11.3 Å². The number of aromatic nitrogens is 1. The van der Waals surface area contributed by atoms with Crippen molar-refractivity contribution in [3.05, 3.63) is 73.7 Å². The average Bonchev–Trinajstić information content (AvgIpc) is 3.10. The van der Waals surface area contributed by atoms with Crippen LogP contribution in [0.15, 0.2) is 44.9 Å². The molecule has 2 aromatic heterocycles. The second kappa shape index (κ2) is 7.47. The zero-order valence-corrected chi connectivity index (χ0v) is 16.2. The summed E-state index contributed by atoms with van der Waals surface area (Å²) >= 11 is 1.50. The Hall–Kier alpha value is -3.13. The van der Waals surface area contributed by atoms with E-state index in [-0.39, 0.29) is 18.7 Å². The third-order valence-corrected chi connectivity index (χ3v) is 5.14. The van der Waals surface area contributed by atoms with Gasteiger partial charge in [0.1, 0.15) is 12.2 Å². The third kappa shape index (κ3) is 3.63. The van der Waals surface area contributed by atoms with E-state index in [4.69, 9.17) is 13.9 Å². The number of nitrogens with one attached hydrogen (secondary N) is 1. The number of hydrogen-bond acceptors (Lipinski definition) is 7. The second-order valence-electron chi connectivity index (χ2n) is 6.40. The first kappa shape index (κ1) is 18.2. The Morgan fingerprint density at radius 3 is 2.79 bits per heavy atom. The van der Waals surface area contributed by atoms with Crippen LogP contribution < -0.4 is 20.4 Å². The molecule has 0 fully saturated rings. The van der Waals surface area contributed by atoms with Crippen LogP contribution in [-0.2, 0) is 6.54 Å². The number of rotatable bonds is 4. The summed E-state index contributed by atoms with van der Waals surface area (Å²) in [5.41, 5.74) is 0.541. The van der Waals surface area contributed by atoms with Crippen molar-refractivity contribution < 1.29 is 18.7 Å². The lowest BCUT2D eigenvalue weighted by Gasteiger charge is -2.25. The van der Waals surface area contributed by atoms with Gasteiger partial charge in [0.2, 0.25) is 0 Å². The highest BCUT2D eigenvalue weighted by Gasteiger charge is 2.27. The lowest BCUT2D eigenvalue weighted by molar-refractivity contribution is 0.0721. The van der Waals surface area contributed by atoms with Gasteiger partial charge in [0, 0.05) is 5.38 Å². The molecule has 0 spiro atoms. The molecule has 144 valence electrons. The van der Waals surface area contributed by atoms with E-state index in [1.807, 2.05) is 30.5 Å². The van der Waals surface area contributed by atoms with Crippen LogP contribution >= 0.6 is 11.3 Å². The number of carbonyl (C=O) groups is 1. The Bertz CT molecular complexity index is 1090. The van der Waals surface area contributed by atoms with Crippen LogP contribution in [0.4, 0.5) is 0 Å². The van der Waals surface area contributed by atoms with Gasteiger partial charge in [0.15, 0.2) is 23.4 Å². The highest BCUT2D eigenvalue weighted by atomic mass is 32.1. The quantitative estimate of drug-likeness (QED) is 0.726. The van der Waals surface area contributed by atoms with E-state index in [1.165, 1.54) is 11.3 Å². The highest BCUT2D eigenvalue weighted by molar-refractivity contribution is 7.09. The maximum absolute atomic E-state index is 12.5. The number of ether oxygens (including phenoxy) is 2. The van der Waals surface area contributed by atoms with Gasteiger partial charge in [0.05, 0.1) is 17.2 Å². The van der Waals surface area contributed by atoms with E-state index in [0.717, 1.165) is 10.7 Å². The number of nitrogens with zero attached hydrogens (tertiary/aromatic N) is 1. The summed E-state index contributed by atoms with van der Waals surface area (Å²) in [4.78, 5) is 29.2. The largest absolute Gasteiger partial charge is 0.485 e. The highest BCUT2D eigenvalue weighted by Crippen LogP contribution is 2.35. The average molecular weight is 398 g/mol. The smallest absolute Gasteiger partial charge is 0.349 e. The van der Waals surface area contributed by atoms with Gasteiger partial charge < -0.3 is 19.2 Å². The first-order valence-electron chi connectivity index (χ1n) is 8.73. The SMILES string of the molecule is Cc1nc(CNC(=O)c2c(C)cc(C3COc4ccccc4O3)oc2=O)cs1. The monoisotopic (exact) mass is 398 g/mol. The molecule has 1 aliphatic heterocycles. The van der Waals surface area contributed by atoms with Crippen LogP contribution in [-0.4, -0.2) is 17.5 Å². The molecule has 1 aliphatic rings. The molecule has 0 radical (unpaired) electrons. The summed E-state index contributed by atoms with van der Waals surface area (Å²) in [6.45, 7) is 4.05. The minimum atomic E-state index is -0.704. The van der Waals surface area contributed by atoms with Crippen molar-refractivity contribution in [3.63, 3.8) is 0 Å². The van der Waals surface area contributed by atoms with Crippen LogP contribution in [0.1, 0.15) is 38.5 Å². The third-order valence-electron chi connectivity index (χ3n) is 4.32. The molecule has 8 heteroatoms. The molecule has 7 nitrogen and oxygen atoms in total. The van der Waals surface area contributed by atoms with Crippen LogP contribution in [0.25, 0.3) is 0 Å². The Balaban J connectivity index is 1.52.